The second-order valence-corrected chi connectivity index (χ2v) is 11.3. The van der Waals surface area contributed by atoms with Crippen molar-refractivity contribution in [3.05, 3.63) is 68.8 Å². The third kappa shape index (κ3) is 3.93. The lowest BCUT2D eigenvalue weighted by molar-refractivity contribution is -0.135. The zero-order valence-corrected chi connectivity index (χ0v) is 24.2. The summed E-state index contributed by atoms with van der Waals surface area (Å²) in [7, 11) is 5.36. The van der Waals surface area contributed by atoms with Crippen LogP contribution in [0.25, 0.3) is 23.3 Å². The highest BCUT2D eigenvalue weighted by Crippen LogP contribution is 2.52. The largest absolute Gasteiger partial charge is 0.333 e. The predicted octanol–water partition coefficient (Wildman–Crippen LogP) is 3.48. The van der Waals surface area contributed by atoms with E-state index in [0.29, 0.717) is 11.1 Å². The lowest BCUT2D eigenvalue weighted by Gasteiger charge is -2.29. The van der Waals surface area contributed by atoms with Gasteiger partial charge in [-0.15, -0.1) is 0 Å². The second-order valence-electron chi connectivity index (χ2n) is 11.3. The van der Waals surface area contributed by atoms with Crippen molar-refractivity contribution in [3.63, 3.8) is 0 Å². The molecular formula is C31H30N4O6. The van der Waals surface area contributed by atoms with Crippen molar-refractivity contribution in [2.24, 2.45) is 0 Å². The van der Waals surface area contributed by atoms with Crippen LogP contribution < -0.4 is 0 Å². The Morgan fingerprint density at radius 1 is 0.537 bits per heavy atom. The highest BCUT2D eigenvalue weighted by atomic mass is 16.2. The summed E-state index contributed by atoms with van der Waals surface area (Å²) in [6, 6.07) is 6.36. The average molecular weight is 555 g/mol. The van der Waals surface area contributed by atoms with Gasteiger partial charge >= 0.3 is 12.1 Å². The van der Waals surface area contributed by atoms with Gasteiger partial charge in [-0.05, 0) is 70.5 Å². The van der Waals surface area contributed by atoms with Crippen molar-refractivity contribution in [2.75, 3.05) is 28.2 Å². The van der Waals surface area contributed by atoms with Gasteiger partial charge in [0.05, 0.1) is 0 Å². The molecule has 210 valence electrons. The van der Waals surface area contributed by atoms with E-state index in [-0.39, 0.29) is 11.1 Å². The molecule has 10 nitrogen and oxygen atoms in total. The minimum Gasteiger partial charge on any atom is -0.268 e. The Labute approximate surface area is 237 Å². The monoisotopic (exact) mass is 554 g/mol. The topological polar surface area (TPSA) is 115 Å². The molecule has 0 saturated carbocycles. The van der Waals surface area contributed by atoms with Crippen molar-refractivity contribution in [1.29, 1.82) is 0 Å². The number of carbonyl (C=O) groups is 6. The normalized spacial score (nSPS) is 18.4. The number of hydrogen-bond donors (Lipinski definition) is 0. The number of barbiturate groups is 2. The summed E-state index contributed by atoms with van der Waals surface area (Å²) in [5.41, 5.74) is 6.60. The van der Waals surface area contributed by atoms with Crippen LogP contribution in [0.4, 0.5) is 9.59 Å². The lowest BCUT2D eigenvalue weighted by atomic mass is 9.80. The molecule has 2 aromatic rings. The maximum atomic E-state index is 12.8. The van der Waals surface area contributed by atoms with Crippen LogP contribution in [0.2, 0.25) is 0 Å². The van der Waals surface area contributed by atoms with Gasteiger partial charge in [-0.25, -0.2) is 9.59 Å². The summed E-state index contributed by atoms with van der Waals surface area (Å²) in [5, 5.41) is 0. The van der Waals surface area contributed by atoms with Crippen molar-refractivity contribution in [2.45, 2.75) is 33.1 Å². The van der Waals surface area contributed by atoms with Gasteiger partial charge in [-0.3, -0.25) is 38.8 Å². The Hall–Kier alpha value is -4.86. The zero-order valence-electron chi connectivity index (χ0n) is 24.2. The number of carbonyl (C=O) groups excluding carboxylic acids is 6. The van der Waals surface area contributed by atoms with Crippen LogP contribution in [0.15, 0.2) is 35.4 Å². The Bertz CT molecular complexity index is 1540. The van der Waals surface area contributed by atoms with Crippen LogP contribution in [-0.2, 0) is 24.6 Å². The summed E-state index contributed by atoms with van der Waals surface area (Å²) in [5.74, 6) is -2.62. The number of nitrogens with zero attached hydrogens (tertiary/aromatic N) is 4. The molecule has 0 atom stereocenters. The maximum Gasteiger partial charge on any atom is 0.333 e. The van der Waals surface area contributed by atoms with E-state index >= 15 is 0 Å². The molecule has 0 N–H and O–H groups in total. The number of amides is 8. The molecule has 2 aromatic carbocycles. The molecule has 0 bridgehead atoms. The minimum atomic E-state index is -0.679. The Morgan fingerprint density at radius 2 is 0.829 bits per heavy atom. The highest BCUT2D eigenvalue weighted by molar-refractivity contribution is 6.31. The molecular weight excluding hydrogens is 524 g/mol. The molecule has 0 unspecified atom stereocenters. The van der Waals surface area contributed by atoms with Gasteiger partial charge in [0.2, 0.25) is 0 Å². The van der Waals surface area contributed by atoms with E-state index in [1.807, 2.05) is 38.1 Å². The Balaban J connectivity index is 1.61. The first-order valence-corrected chi connectivity index (χ1v) is 13.0. The molecule has 0 aromatic heterocycles. The molecule has 2 saturated heterocycles. The fourth-order valence-electron chi connectivity index (χ4n) is 5.87. The smallest absolute Gasteiger partial charge is 0.268 e. The maximum absolute atomic E-state index is 12.8. The van der Waals surface area contributed by atoms with Crippen LogP contribution in [0.5, 0.6) is 0 Å². The first-order chi connectivity index (χ1) is 19.1. The van der Waals surface area contributed by atoms with E-state index in [2.05, 4.69) is 13.8 Å². The molecule has 2 fully saturated rings. The Kier molecular flexibility index (Phi) is 6.14. The molecule has 8 amide bonds. The van der Waals surface area contributed by atoms with E-state index in [0.717, 1.165) is 53.0 Å². The summed E-state index contributed by atoms with van der Waals surface area (Å²) >= 11 is 0. The first-order valence-electron chi connectivity index (χ1n) is 13.0. The first kappa shape index (κ1) is 27.7. The molecule has 5 rings (SSSR count). The van der Waals surface area contributed by atoms with Crippen LogP contribution in [0, 0.1) is 13.8 Å². The molecule has 1 aliphatic carbocycles. The molecule has 2 heterocycles. The minimum absolute atomic E-state index is 0.0948. The SMILES string of the molecule is Cc1cc(C=C2C(=O)N(C)C(=O)N(C)C2=O)cc2c1-c1c(C)cc(C=C3C(=O)N(C)C(=O)N(C)C3=O)cc1C2(C)C. The number of imide groups is 4. The number of benzene rings is 2. The molecule has 3 aliphatic rings. The van der Waals surface area contributed by atoms with E-state index < -0.39 is 41.1 Å². The Morgan fingerprint density at radius 3 is 1.12 bits per heavy atom. The molecule has 0 radical (unpaired) electrons. The lowest BCUT2D eigenvalue weighted by Crippen LogP contribution is -2.52. The van der Waals surface area contributed by atoms with Crippen LogP contribution >= 0.6 is 0 Å². The van der Waals surface area contributed by atoms with E-state index in [4.69, 9.17) is 0 Å². The standard InChI is InChI=1S/C31H30N4O6/c1-15-9-17(11-19-25(36)32(5)29(40)33(6)26(19)37)13-21-23(15)24-16(2)10-18(14-22(24)31(21,3)4)12-20-27(38)34(7)30(41)35(8)28(20)39/h9-14H,1-8H3. The number of rotatable bonds is 2. The number of aryl methyl sites for hydroxylation is 2. The summed E-state index contributed by atoms with van der Waals surface area (Å²) in [6.07, 6.45) is 3.04. The number of likely N-dealkylation sites (N-methyl/N-ethyl adjacent to an activating group) is 4. The van der Waals surface area contributed by atoms with Crippen LogP contribution in [0.1, 0.15) is 47.2 Å². The third-order valence-corrected chi connectivity index (χ3v) is 8.22. The van der Waals surface area contributed by atoms with E-state index in [9.17, 15) is 28.8 Å². The van der Waals surface area contributed by atoms with Gasteiger partial charge in [-0.2, -0.15) is 0 Å². The van der Waals surface area contributed by atoms with Crippen molar-refractivity contribution in [3.8, 4) is 11.1 Å². The van der Waals surface area contributed by atoms with E-state index in [1.165, 1.54) is 40.3 Å². The van der Waals surface area contributed by atoms with Crippen LogP contribution in [0.3, 0.4) is 0 Å². The highest BCUT2D eigenvalue weighted by Gasteiger charge is 2.41. The molecule has 41 heavy (non-hydrogen) atoms. The van der Waals surface area contributed by atoms with Gasteiger partial charge in [-0.1, -0.05) is 38.1 Å². The molecule has 10 heteroatoms. The quantitative estimate of drug-likeness (QED) is 0.415. The molecule has 0 spiro atoms. The molecule has 2 aliphatic heterocycles. The van der Waals surface area contributed by atoms with Crippen molar-refractivity contribution in [1.82, 2.24) is 19.6 Å². The van der Waals surface area contributed by atoms with E-state index in [1.54, 1.807) is 0 Å². The zero-order chi connectivity index (χ0) is 30.3. The van der Waals surface area contributed by atoms with Gasteiger partial charge in [0.15, 0.2) is 0 Å². The third-order valence-electron chi connectivity index (χ3n) is 8.22. The second kappa shape index (κ2) is 9.09. The number of hydrogen-bond acceptors (Lipinski definition) is 6. The van der Waals surface area contributed by atoms with Gasteiger partial charge in [0, 0.05) is 33.6 Å². The number of fused-ring (bicyclic) bond motifs is 3. The van der Waals surface area contributed by atoms with Crippen molar-refractivity contribution >= 4 is 47.8 Å². The summed E-state index contributed by atoms with van der Waals surface area (Å²) < 4.78 is 0. The van der Waals surface area contributed by atoms with Gasteiger partial charge in [0.25, 0.3) is 23.6 Å². The fraction of sp³-hybridized carbons (Fsp3) is 0.290. The van der Waals surface area contributed by atoms with Gasteiger partial charge < -0.3 is 0 Å². The fourth-order valence-corrected chi connectivity index (χ4v) is 5.87. The summed E-state index contributed by atoms with van der Waals surface area (Å²) in [6.45, 7) is 8.07. The van der Waals surface area contributed by atoms with Crippen molar-refractivity contribution < 1.29 is 28.8 Å². The average Bonchev–Trinajstić information content (AvgIpc) is 3.16. The predicted molar refractivity (Wildman–Crippen MR) is 151 cm³/mol. The number of urea groups is 2. The van der Waals surface area contributed by atoms with Crippen LogP contribution in [-0.4, -0.2) is 83.5 Å². The summed E-state index contributed by atoms with van der Waals surface area (Å²) in [4.78, 5) is 79.1. The van der Waals surface area contributed by atoms with Gasteiger partial charge in [0.1, 0.15) is 11.1 Å².